The third-order valence-electron chi connectivity index (χ3n) is 2.67. The second kappa shape index (κ2) is 8.80. The summed E-state index contributed by atoms with van der Waals surface area (Å²) < 4.78 is 37.3. The molecule has 1 heterocycles. The molecule has 1 fully saturated rings. The molecule has 2 nitrogen and oxygen atoms in total. The fourth-order valence-corrected chi connectivity index (χ4v) is 1.61. The predicted octanol–water partition coefficient (Wildman–Crippen LogP) is 3.50. The van der Waals surface area contributed by atoms with Crippen LogP contribution in [0.2, 0.25) is 0 Å². The van der Waals surface area contributed by atoms with Crippen molar-refractivity contribution in [2.45, 2.75) is 26.9 Å². The zero-order chi connectivity index (χ0) is 14.9. The van der Waals surface area contributed by atoms with E-state index in [1.807, 2.05) is 20.8 Å². The molecule has 0 amide bonds. The van der Waals surface area contributed by atoms with E-state index in [9.17, 15) is 13.2 Å². The Kier molecular flexibility index (Phi) is 8.23. The highest BCUT2D eigenvalue weighted by Gasteiger charge is 2.30. The SMILES string of the molecule is C=C/C(=C\C=C(/C)N1CCNCC1)C(F)(F)F.CC. The molecule has 0 radical (unpaired) electrons. The van der Waals surface area contributed by atoms with Gasteiger partial charge < -0.3 is 10.2 Å². The Hall–Kier alpha value is -1.23. The Balaban J connectivity index is 0.00000154. The Morgan fingerprint density at radius 2 is 1.68 bits per heavy atom. The number of rotatable bonds is 3. The molecule has 0 aromatic carbocycles. The molecule has 5 heteroatoms. The lowest BCUT2D eigenvalue weighted by molar-refractivity contribution is -0.0881. The minimum Gasteiger partial charge on any atom is -0.372 e. The summed E-state index contributed by atoms with van der Waals surface area (Å²) in [6, 6.07) is 0. The third-order valence-corrected chi connectivity index (χ3v) is 2.67. The molecule has 19 heavy (non-hydrogen) atoms. The van der Waals surface area contributed by atoms with E-state index < -0.39 is 11.7 Å². The largest absolute Gasteiger partial charge is 0.416 e. The lowest BCUT2D eigenvalue weighted by Crippen LogP contribution is -2.42. The summed E-state index contributed by atoms with van der Waals surface area (Å²) in [5.74, 6) is 0. The third kappa shape index (κ3) is 6.47. The molecule has 0 unspecified atom stereocenters. The van der Waals surface area contributed by atoms with Crippen LogP contribution in [0.3, 0.4) is 0 Å². The molecular formula is C14H23F3N2. The van der Waals surface area contributed by atoms with Crippen LogP contribution in [0.5, 0.6) is 0 Å². The number of nitrogens with one attached hydrogen (secondary N) is 1. The van der Waals surface area contributed by atoms with Crippen LogP contribution in [-0.4, -0.2) is 37.3 Å². The van der Waals surface area contributed by atoms with E-state index in [4.69, 9.17) is 0 Å². The van der Waals surface area contributed by atoms with E-state index in [2.05, 4.69) is 16.8 Å². The fraction of sp³-hybridized carbons (Fsp3) is 0.571. The lowest BCUT2D eigenvalue weighted by Gasteiger charge is -2.29. The monoisotopic (exact) mass is 276 g/mol. The molecule has 0 saturated carbocycles. The Labute approximate surface area is 113 Å². The summed E-state index contributed by atoms with van der Waals surface area (Å²) in [5.41, 5.74) is 0.127. The zero-order valence-corrected chi connectivity index (χ0v) is 11.8. The van der Waals surface area contributed by atoms with Gasteiger partial charge in [0.1, 0.15) is 0 Å². The Bertz CT molecular complexity index is 324. The van der Waals surface area contributed by atoms with E-state index in [1.165, 1.54) is 6.08 Å². The first-order valence-electron chi connectivity index (χ1n) is 6.49. The second-order valence-corrected chi connectivity index (χ2v) is 3.87. The summed E-state index contributed by atoms with van der Waals surface area (Å²) in [5, 5.41) is 3.19. The first kappa shape index (κ1) is 17.8. The molecule has 1 saturated heterocycles. The number of hydrogen-bond donors (Lipinski definition) is 1. The van der Waals surface area contributed by atoms with Crippen molar-refractivity contribution in [2.75, 3.05) is 26.2 Å². The Morgan fingerprint density at radius 1 is 1.16 bits per heavy atom. The van der Waals surface area contributed by atoms with Crippen LogP contribution >= 0.6 is 0 Å². The van der Waals surface area contributed by atoms with Gasteiger partial charge in [-0.15, -0.1) is 0 Å². The van der Waals surface area contributed by atoms with Crippen LogP contribution in [0.1, 0.15) is 20.8 Å². The second-order valence-electron chi connectivity index (χ2n) is 3.87. The van der Waals surface area contributed by atoms with Gasteiger partial charge in [-0.1, -0.05) is 26.5 Å². The van der Waals surface area contributed by atoms with Crippen molar-refractivity contribution >= 4 is 0 Å². The molecule has 0 spiro atoms. The van der Waals surface area contributed by atoms with Crippen molar-refractivity contribution in [1.29, 1.82) is 0 Å². The van der Waals surface area contributed by atoms with Gasteiger partial charge in [0, 0.05) is 31.9 Å². The highest BCUT2D eigenvalue weighted by molar-refractivity contribution is 5.27. The van der Waals surface area contributed by atoms with Crippen LogP contribution in [0, 0.1) is 0 Å². The van der Waals surface area contributed by atoms with Crippen LogP contribution < -0.4 is 5.32 Å². The summed E-state index contributed by atoms with van der Waals surface area (Å²) in [7, 11) is 0. The van der Waals surface area contributed by atoms with Crippen molar-refractivity contribution in [3.05, 3.63) is 36.1 Å². The number of halogens is 3. The van der Waals surface area contributed by atoms with Gasteiger partial charge in [-0.2, -0.15) is 13.2 Å². The number of piperazine rings is 1. The van der Waals surface area contributed by atoms with E-state index in [0.29, 0.717) is 0 Å². The molecule has 1 N–H and O–H groups in total. The van der Waals surface area contributed by atoms with Crippen LogP contribution in [0.25, 0.3) is 0 Å². The minimum atomic E-state index is -4.33. The van der Waals surface area contributed by atoms with Gasteiger partial charge in [0.15, 0.2) is 0 Å². The molecule has 0 aromatic heterocycles. The molecule has 0 atom stereocenters. The molecule has 1 rings (SSSR count). The van der Waals surface area contributed by atoms with Crippen molar-refractivity contribution in [3.8, 4) is 0 Å². The Morgan fingerprint density at radius 3 is 2.11 bits per heavy atom. The standard InChI is InChI=1S/C12H17F3N2.C2H6/c1-3-11(12(13,14)15)5-4-10(2)17-8-6-16-7-9-17;1-2/h3-5,16H,1,6-9H2,2H3;1-2H3/b10-4+,11-5+;. The highest BCUT2D eigenvalue weighted by atomic mass is 19.4. The molecule has 0 bridgehead atoms. The summed E-state index contributed by atoms with van der Waals surface area (Å²) in [6.07, 6.45) is -0.927. The highest BCUT2D eigenvalue weighted by Crippen LogP contribution is 2.26. The molecule has 1 aliphatic rings. The normalized spacial score (nSPS) is 17.7. The van der Waals surface area contributed by atoms with Crippen LogP contribution in [-0.2, 0) is 0 Å². The average Bonchev–Trinajstić information content (AvgIpc) is 2.41. The van der Waals surface area contributed by atoms with Crippen molar-refractivity contribution in [3.63, 3.8) is 0 Å². The van der Waals surface area contributed by atoms with Gasteiger partial charge in [-0.3, -0.25) is 0 Å². The van der Waals surface area contributed by atoms with E-state index in [1.54, 1.807) is 0 Å². The summed E-state index contributed by atoms with van der Waals surface area (Å²) >= 11 is 0. The van der Waals surface area contributed by atoms with Gasteiger partial charge in [-0.25, -0.2) is 0 Å². The summed E-state index contributed by atoms with van der Waals surface area (Å²) in [6.45, 7) is 12.4. The molecule has 1 aliphatic heterocycles. The average molecular weight is 276 g/mol. The number of allylic oxidation sites excluding steroid dienone is 5. The molecule has 0 aliphatic carbocycles. The van der Waals surface area contributed by atoms with E-state index in [-0.39, 0.29) is 0 Å². The van der Waals surface area contributed by atoms with Crippen molar-refractivity contribution in [1.82, 2.24) is 10.2 Å². The predicted molar refractivity (Wildman–Crippen MR) is 73.9 cm³/mol. The van der Waals surface area contributed by atoms with Crippen molar-refractivity contribution in [2.24, 2.45) is 0 Å². The minimum absolute atomic E-state index is 0.716. The molecule has 110 valence electrons. The van der Waals surface area contributed by atoms with Gasteiger partial charge >= 0.3 is 6.18 Å². The van der Waals surface area contributed by atoms with Crippen molar-refractivity contribution < 1.29 is 13.2 Å². The van der Waals surface area contributed by atoms with E-state index >= 15 is 0 Å². The smallest absolute Gasteiger partial charge is 0.372 e. The maximum atomic E-state index is 12.4. The number of hydrogen-bond acceptors (Lipinski definition) is 2. The van der Waals surface area contributed by atoms with Crippen LogP contribution in [0.15, 0.2) is 36.1 Å². The first-order valence-corrected chi connectivity index (χ1v) is 6.49. The number of nitrogens with zero attached hydrogens (tertiary/aromatic N) is 1. The molecular weight excluding hydrogens is 253 g/mol. The first-order chi connectivity index (χ1) is 8.95. The van der Waals surface area contributed by atoms with Gasteiger partial charge in [0.25, 0.3) is 0 Å². The van der Waals surface area contributed by atoms with Gasteiger partial charge in [0.2, 0.25) is 0 Å². The van der Waals surface area contributed by atoms with Gasteiger partial charge in [0.05, 0.1) is 5.57 Å². The maximum absolute atomic E-state index is 12.4. The van der Waals surface area contributed by atoms with Gasteiger partial charge in [-0.05, 0) is 19.1 Å². The lowest BCUT2D eigenvalue weighted by atomic mass is 10.2. The fourth-order valence-electron chi connectivity index (χ4n) is 1.61. The van der Waals surface area contributed by atoms with E-state index in [0.717, 1.165) is 44.0 Å². The topological polar surface area (TPSA) is 15.3 Å². The van der Waals surface area contributed by atoms with Crippen LogP contribution in [0.4, 0.5) is 13.2 Å². The zero-order valence-electron chi connectivity index (χ0n) is 11.8. The summed E-state index contributed by atoms with van der Waals surface area (Å²) in [4.78, 5) is 2.06. The maximum Gasteiger partial charge on any atom is 0.416 e. The molecule has 0 aromatic rings. The number of alkyl halides is 3. The quantitative estimate of drug-likeness (QED) is 0.794.